The molecule has 0 amide bonds. The average Bonchev–Trinajstić information content (AvgIpc) is 2.52. The van der Waals surface area contributed by atoms with Gasteiger partial charge >= 0.3 is 5.97 Å². The predicted octanol–water partition coefficient (Wildman–Crippen LogP) is 4.52. The maximum atomic E-state index is 10.4. The first kappa shape index (κ1) is 22.4. The summed E-state index contributed by atoms with van der Waals surface area (Å²) in [6.07, 6.45) is 11.4. The van der Waals surface area contributed by atoms with Crippen LogP contribution < -0.4 is 0 Å². The number of aliphatic hydroxyl groups is 2. The number of hydrogen-bond donors (Lipinski definition) is 3. The molecule has 0 aliphatic heterocycles. The van der Waals surface area contributed by atoms with E-state index in [0.29, 0.717) is 12.8 Å². The molecule has 0 spiro atoms. The first-order valence-electron chi connectivity index (χ1n) is 9.57. The normalized spacial score (nSPS) is 15.3. The summed E-state index contributed by atoms with van der Waals surface area (Å²) < 4.78 is 0. The third-order valence-electron chi connectivity index (χ3n) is 4.63. The second kappa shape index (κ2) is 14.9. The second-order valence-electron chi connectivity index (χ2n) is 6.94. The molecule has 0 fully saturated rings. The van der Waals surface area contributed by atoms with Crippen molar-refractivity contribution < 1.29 is 20.1 Å². The Hall–Kier alpha value is -0.610. The van der Waals surface area contributed by atoms with E-state index in [-0.39, 0.29) is 12.3 Å². The van der Waals surface area contributed by atoms with Crippen LogP contribution in [0.4, 0.5) is 0 Å². The molecule has 138 valence electrons. The summed E-state index contributed by atoms with van der Waals surface area (Å²) in [5, 5.41) is 28.8. The van der Waals surface area contributed by atoms with Gasteiger partial charge in [-0.15, -0.1) is 0 Å². The molecule has 3 N–H and O–H groups in total. The van der Waals surface area contributed by atoms with E-state index >= 15 is 0 Å². The van der Waals surface area contributed by atoms with E-state index < -0.39 is 18.2 Å². The molecule has 0 heterocycles. The van der Waals surface area contributed by atoms with Gasteiger partial charge in [0.05, 0.1) is 12.2 Å². The van der Waals surface area contributed by atoms with Gasteiger partial charge in [0.1, 0.15) is 0 Å². The van der Waals surface area contributed by atoms with Crippen molar-refractivity contribution in [3.63, 3.8) is 0 Å². The third-order valence-corrected chi connectivity index (χ3v) is 4.63. The van der Waals surface area contributed by atoms with Gasteiger partial charge in [0.15, 0.2) is 0 Å². The lowest BCUT2D eigenvalue weighted by Crippen LogP contribution is -2.32. The monoisotopic (exact) mass is 330 g/mol. The van der Waals surface area contributed by atoms with Crippen molar-refractivity contribution in [1.29, 1.82) is 0 Å². The van der Waals surface area contributed by atoms with Crippen LogP contribution in [0, 0.1) is 5.92 Å². The topological polar surface area (TPSA) is 77.8 Å². The van der Waals surface area contributed by atoms with Gasteiger partial charge in [0, 0.05) is 6.42 Å². The Morgan fingerprint density at radius 2 is 1.35 bits per heavy atom. The number of aliphatic hydroxyl groups excluding tert-OH is 2. The lowest BCUT2D eigenvalue weighted by Gasteiger charge is -2.24. The molecule has 4 heteroatoms. The first-order chi connectivity index (χ1) is 11.0. The van der Waals surface area contributed by atoms with E-state index in [1.807, 2.05) is 6.92 Å². The van der Waals surface area contributed by atoms with Gasteiger partial charge in [-0.05, 0) is 25.2 Å². The minimum absolute atomic E-state index is 0.142. The van der Waals surface area contributed by atoms with Crippen LogP contribution in [-0.2, 0) is 4.79 Å². The van der Waals surface area contributed by atoms with Crippen LogP contribution in [0.1, 0.15) is 97.3 Å². The standard InChI is InChI=1S/C19H38O4/c1-3-4-5-6-7-10-13-16(2)19(23)17(20)14-11-8-9-12-15-18(21)22/h16-17,19-20,23H,3-15H2,1-2H3,(H,21,22). The van der Waals surface area contributed by atoms with Gasteiger partial charge in [0.25, 0.3) is 0 Å². The molecule has 0 aromatic heterocycles. The summed E-state index contributed by atoms with van der Waals surface area (Å²) in [7, 11) is 0. The van der Waals surface area contributed by atoms with Crippen LogP contribution in [0.25, 0.3) is 0 Å². The minimum atomic E-state index is -0.746. The van der Waals surface area contributed by atoms with E-state index in [1.54, 1.807) is 0 Å². The molecule has 0 aliphatic carbocycles. The lowest BCUT2D eigenvalue weighted by atomic mass is 9.91. The number of hydrogen-bond acceptors (Lipinski definition) is 3. The fourth-order valence-electron chi connectivity index (χ4n) is 2.95. The Morgan fingerprint density at radius 1 is 0.826 bits per heavy atom. The molecule has 0 radical (unpaired) electrons. The van der Waals surface area contributed by atoms with Crippen molar-refractivity contribution in [2.75, 3.05) is 0 Å². The highest BCUT2D eigenvalue weighted by Crippen LogP contribution is 2.20. The Bertz CT molecular complexity index is 281. The molecule has 4 nitrogen and oxygen atoms in total. The highest BCUT2D eigenvalue weighted by molar-refractivity contribution is 5.66. The molecule has 3 atom stereocenters. The summed E-state index contributed by atoms with van der Waals surface area (Å²) >= 11 is 0. The molecule has 0 saturated heterocycles. The van der Waals surface area contributed by atoms with Gasteiger partial charge in [-0.1, -0.05) is 71.6 Å². The summed E-state index contributed by atoms with van der Waals surface area (Å²) in [6, 6.07) is 0. The van der Waals surface area contributed by atoms with E-state index in [0.717, 1.165) is 32.1 Å². The van der Waals surface area contributed by atoms with Crippen molar-refractivity contribution in [3.8, 4) is 0 Å². The van der Waals surface area contributed by atoms with Gasteiger partial charge in [-0.2, -0.15) is 0 Å². The SMILES string of the molecule is CCCCCCCCC(C)C(O)C(O)CCCCCCC(=O)O. The fraction of sp³-hybridized carbons (Fsp3) is 0.947. The number of carbonyl (C=O) groups is 1. The number of carboxylic acids is 1. The van der Waals surface area contributed by atoms with Gasteiger partial charge in [0.2, 0.25) is 0 Å². The zero-order valence-electron chi connectivity index (χ0n) is 15.2. The largest absolute Gasteiger partial charge is 0.481 e. The number of unbranched alkanes of at least 4 members (excludes halogenated alkanes) is 8. The molecule has 0 aromatic rings. The maximum absolute atomic E-state index is 10.4. The second-order valence-corrected chi connectivity index (χ2v) is 6.94. The third kappa shape index (κ3) is 13.5. The lowest BCUT2D eigenvalue weighted by molar-refractivity contribution is -0.137. The van der Waals surface area contributed by atoms with E-state index in [2.05, 4.69) is 6.92 Å². The zero-order chi connectivity index (χ0) is 17.5. The maximum Gasteiger partial charge on any atom is 0.303 e. The molecule has 0 saturated carbocycles. The minimum Gasteiger partial charge on any atom is -0.481 e. The van der Waals surface area contributed by atoms with Gasteiger partial charge in [-0.25, -0.2) is 0 Å². The van der Waals surface area contributed by atoms with Crippen LogP contribution in [0.3, 0.4) is 0 Å². The van der Waals surface area contributed by atoms with E-state index in [4.69, 9.17) is 5.11 Å². The highest BCUT2D eigenvalue weighted by atomic mass is 16.4. The molecule has 23 heavy (non-hydrogen) atoms. The quantitative estimate of drug-likeness (QED) is 0.364. The fourth-order valence-corrected chi connectivity index (χ4v) is 2.95. The molecule has 0 bridgehead atoms. The van der Waals surface area contributed by atoms with Crippen molar-refractivity contribution >= 4 is 5.97 Å². The Kier molecular flexibility index (Phi) is 14.6. The van der Waals surface area contributed by atoms with Crippen molar-refractivity contribution in [2.24, 2.45) is 5.92 Å². The first-order valence-corrected chi connectivity index (χ1v) is 9.57. The number of aliphatic carboxylic acids is 1. The molecule has 0 aliphatic rings. The van der Waals surface area contributed by atoms with Crippen molar-refractivity contribution in [1.82, 2.24) is 0 Å². The van der Waals surface area contributed by atoms with Crippen LogP contribution in [0.5, 0.6) is 0 Å². The number of carboxylic acid groups (broad SMARTS) is 1. The molecule has 0 rings (SSSR count). The molecule has 0 aromatic carbocycles. The number of rotatable bonds is 16. The summed E-state index contributed by atoms with van der Waals surface area (Å²) in [5.74, 6) is -0.604. The van der Waals surface area contributed by atoms with Crippen LogP contribution in [0.15, 0.2) is 0 Å². The molecular weight excluding hydrogens is 292 g/mol. The van der Waals surface area contributed by atoms with Crippen LogP contribution in [-0.4, -0.2) is 33.5 Å². The smallest absolute Gasteiger partial charge is 0.303 e. The molecule has 3 unspecified atom stereocenters. The van der Waals surface area contributed by atoms with Crippen molar-refractivity contribution in [2.45, 2.75) is 110 Å². The van der Waals surface area contributed by atoms with E-state index in [1.165, 1.54) is 32.1 Å². The van der Waals surface area contributed by atoms with Gasteiger partial charge < -0.3 is 15.3 Å². The van der Waals surface area contributed by atoms with Crippen LogP contribution in [0.2, 0.25) is 0 Å². The highest BCUT2D eigenvalue weighted by Gasteiger charge is 2.21. The summed E-state index contributed by atoms with van der Waals surface area (Å²) in [5.41, 5.74) is 0. The Labute approximate surface area is 142 Å². The Balaban J connectivity index is 3.61. The van der Waals surface area contributed by atoms with Gasteiger partial charge in [-0.3, -0.25) is 4.79 Å². The molecular formula is C19H38O4. The zero-order valence-corrected chi connectivity index (χ0v) is 15.2. The summed E-state index contributed by atoms with van der Waals surface area (Å²) in [6.45, 7) is 4.23. The van der Waals surface area contributed by atoms with Crippen molar-refractivity contribution in [3.05, 3.63) is 0 Å². The summed E-state index contributed by atoms with van der Waals surface area (Å²) in [4.78, 5) is 10.4. The predicted molar refractivity (Wildman–Crippen MR) is 94.5 cm³/mol. The Morgan fingerprint density at radius 3 is 1.96 bits per heavy atom. The van der Waals surface area contributed by atoms with E-state index in [9.17, 15) is 15.0 Å². The van der Waals surface area contributed by atoms with Crippen LogP contribution >= 0.6 is 0 Å². The average molecular weight is 331 g/mol.